The van der Waals surface area contributed by atoms with Crippen LogP contribution in [0.3, 0.4) is 0 Å². The molecular formula is C14H19F2NO3. The van der Waals surface area contributed by atoms with Gasteiger partial charge in [0, 0.05) is 20.2 Å². The van der Waals surface area contributed by atoms with Gasteiger partial charge < -0.3 is 14.7 Å². The van der Waals surface area contributed by atoms with Gasteiger partial charge in [-0.1, -0.05) is 13.8 Å². The number of carboxylic acid groups (broad SMARTS) is 1. The van der Waals surface area contributed by atoms with E-state index >= 15 is 0 Å². The lowest BCUT2D eigenvalue weighted by Gasteiger charge is -2.27. The monoisotopic (exact) mass is 287 g/mol. The summed E-state index contributed by atoms with van der Waals surface area (Å²) in [6.45, 7) is 4.97. The van der Waals surface area contributed by atoms with Gasteiger partial charge in [0.1, 0.15) is 17.3 Å². The highest BCUT2D eigenvalue weighted by Gasteiger charge is 2.20. The predicted molar refractivity (Wildman–Crippen MR) is 72.2 cm³/mol. The fraction of sp³-hybridized carbons (Fsp3) is 0.500. The highest BCUT2D eigenvalue weighted by molar-refractivity contribution is 5.88. The zero-order valence-corrected chi connectivity index (χ0v) is 11.8. The summed E-state index contributed by atoms with van der Waals surface area (Å²) in [6.07, 6.45) is 0. The summed E-state index contributed by atoms with van der Waals surface area (Å²) in [5.74, 6) is -2.91. The van der Waals surface area contributed by atoms with E-state index < -0.39 is 23.2 Å². The molecule has 0 atom stereocenters. The van der Waals surface area contributed by atoms with Crippen molar-refractivity contribution in [1.29, 1.82) is 0 Å². The average Bonchev–Trinajstić information content (AvgIpc) is 2.33. The predicted octanol–water partition coefficient (Wildman–Crippen LogP) is 2.77. The van der Waals surface area contributed by atoms with Crippen LogP contribution in [0.15, 0.2) is 12.1 Å². The van der Waals surface area contributed by atoms with Crippen LogP contribution >= 0.6 is 0 Å². The van der Waals surface area contributed by atoms with Crippen molar-refractivity contribution in [2.24, 2.45) is 5.92 Å². The lowest BCUT2D eigenvalue weighted by Crippen LogP contribution is -2.32. The van der Waals surface area contributed by atoms with Crippen molar-refractivity contribution in [2.75, 3.05) is 31.7 Å². The maximum absolute atomic E-state index is 14.0. The number of benzene rings is 1. The molecule has 0 radical (unpaired) electrons. The first-order valence-corrected chi connectivity index (χ1v) is 6.33. The number of anilines is 1. The van der Waals surface area contributed by atoms with E-state index in [0.717, 1.165) is 12.1 Å². The van der Waals surface area contributed by atoms with Crippen LogP contribution in [0.25, 0.3) is 0 Å². The minimum atomic E-state index is -1.36. The largest absolute Gasteiger partial charge is 0.478 e. The molecule has 0 amide bonds. The lowest BCUT2D eigenvalue weighted by molar-refractivity contribution is 0.0695. The summed E-state index contributed by atoms with van der Waals surface area (Å²) in [7, 11) is 1.51. The van der Waals surface area contributed by atoms with Crippen molar-refractivity contribution >= 4 is 11.7 Å². The molecule has 112 valence electrons. The number of carbonyl (C=O) groups is 1. The Morgan fingerprint density at radius 2 is 1.90 bits per heavy atom. The van der Waals surface area contributed by atoms with Crippen molar-refractivity contribution in [2.45, 2.75) is 13.8 Å². The van der Waals surface area contributed by atoms with Gasteiger partial charge in [0.25, 0.3) is 0 Å². The van der Waals surface area contributed by atoms with Crippen molar-refractivity contribution in [3.63, 3.8) is 0 Å². The normalized spacial score (nSPS) is 10.9. The maximum Gasteiger partial charge on any atom is 0.335 e. The van der Waals surface area contributed by atoms with E-state index in [2.05, 4.69) is 0 Å². The third-order valence-electron chi connectivity index (χ3n) is 2.73. The fourth-order valence-corrected chi connectivity index (χ4v) is 1.93. The van der Waals surface area contributed by atoms with E-state index in [1.807, 2.05) is 13.8 Å². The summed E-state index contributed by atoms with van der Waals surface area (Å²) >= 11 is 0. The van der Waals surface area contributed by atoms with Gasteiger partial charge in [-0.3, -0.25) is 0 Å². The van der Waals surface area contributed by atoms with Gasteiger partial charge >= 0.3 is 5.97 Å². The first kappa shape index (κ1) is 16.4. The summed E-state index contributed by atoms with van der Waals surface area (Å²) in [5.41, 5.74) is -0.610. The van der Waals surface area contributed by atoms with Gasteiger partial charge in [-0.15, -0.1) is 0 Å². The lowest BCUT2D eigenvalue weighted by atomic mass is 10.1. The van der Waals surface area contributed by atoms with Gasteiger partial charge in [-0.05, 0) is 18.1 Å². The number of carboxylic acids is 1. The smallest absolute Gasteiger partial charge is 0.335 e. The number of aromatic carboxylic acids is 1. The second kappa shape index (κ2) is 7.19. The van der Waals surface area contributed by atoms with E-state index in [9.17, 15) is 13.6 Å². The van der Waals surface area contributed by atoms with Gasteiger partial charge in [-0.25, -0.2) is 13.6 Å². The van der Waals surface area contributed by atoms with Crippen molar-refractivity contribution < 1.29 is 23.4 Å². The molecule has 0 aliphatic carbocycles. The zero-order valence-electron chi connectivity index (χ0n) is 11.8. The van der Waals surface area contributed by atoms with Gasteiger partial charge in [-0.2, -0.15) is 0 Å². The Morgan fingerprint density at radius 1 is 1.35 bits per heavy atom. The summed E-state index contributed by atoms with van der Waals surface area (Å²) in [4.78, 5) is 12.3. The SMILES string of the molecule is COCCN(CC(C)C)c1c(F)cc(C(=O)O)cc1F. The van der Waals surface area contributed by atoms with Crippen LogP contribution in [0.1, 0.15) is 24.2 Å². The number of rotatable bonds is 7. The molecular weight excluding hydrogens is 268 g/mol. The molecule has 0 bridgehead atoms. The molecule has 0 saturated carbocycles. The first-order chi connectivity index (χ1) is 9.36. The molecule has 0 fully saturated rings. The van der Waals surface area contributed by atoms with Crippen molar-refractivity contribution in [1.82, 2.24) is 0 Å². The third-order valence-corrected chi connectivity index (χ3v) is 2.73. The first-order valence-electron chi connectivity index (χ1n) is 6.33. The Bertz CT molecular complexity index is 454. The Morgan fingerprint density at radius 3 is 2.30 bits per heavy atom. The van der Waals surface area contributed by atoms with E-state index in [1.54, 1.807) is 0 Å². The molecule has 0 saturated heterocycles. The van der Waals surface area contributed by atoms with Crippen LogP contribution < -0.4 is 4.90 Å². The molecule has 0 aliphatic heterocycles. The highest BCUT2D eigenvalue weighted by Crippen LogP contribution is 2.26. The summed E-state index contributed by atoms with van der Waals surface area (Å²) in [6, 6.07) is 1.67. The standard InChI is InChI=1S/C14H19F2NO3/c1-9(2)8-17(4-5-20-3)13-11(15)6-10(14(18)19)7-12(13)16/h6-7,9H,4-5,8H2,1-3H3,(H,18,19). The Balaban J connectivity index is 3.15. The topological polar surface area (TPSA) is 49.8 Å². The zero-order chi connectivity index (χ0) is 15.3. The van der Waals surface area contributed by atoms with Crippen LogP contribution in [0, 0.1) is 17.6 Å². The van der Waals surface area contributed by atoms with E-state index in [-0.39, 0.29) is 11.6 Å². The molecule has 20 heavy (non-hydrogen) atoms. The number of halogens is 2. The number of hydrogen-bond donors (Lipinski definition) is 1. The number of hydrogen-bond acceptors (Lipinski definition) is 3. The van der Waals surface area contributed by atoms with Gasteiger partial charge in [0.15, 0.2) is 0 Å². The molecule has 4 nitrogen and oxygen atoms in total. The molecule has 1 N–H and O–H groups in total. The van der Waals surface area contributed by atoms with Crippen LogP contribution in [-0.4, -0.2) is 37.9 Å². The number of nitrogens with zero attached hydrogens (tertiary/aromatic N) is 1. The van der Waals surface area contributed by atoms with Gasteiger partial charge in [0.05, 0.1) is 12.2 Å². The Kier molecular flexibility index (Phi) is 5.88. The van der Waals surface area contributed by atoms with E-state index in [1.165, 1.54) is 12.0 Å². The molecule has 1 aromatic rings. The number of methoxy groups -OCH3 is 1. The van der Waals surface area contributed by atoms with Gasteiger partial charge in [0.2, 0.25) is 0 Å². The third kappa shape index (κ3) is 4.16. The second-order valence-corrected chi connectivity index (χ2v) is 4.93. The molecule has 1 aromatic carbocycles. The fourth-order valence-electron chi connectivity index (χ4n) is 1.93. The Hall–Kier alpha value is -1.69. The van der Waals surface area contributed by atoms with Crippen LogP contribution in [0.5, 0.6) is 0 Å². The molecule has 0 unspecified atom stereocenters. The summed E-state index contributed by atoms with van der Waals surface area (Å²) < 4.78 is 33.0. The van der Waals surface area contributed by atoms with Crippen LogP contribution in [0.4, 0.5) is 14.5 Å². The Labute approximate surface area is 117 Å². The highest BCUT2D eigenvalue weighted by atomic mass is 19.1. The van der Waals surface area contributed by atoms with Crippen LogP contribution in [0.2, 0.25) is 0 Å². The summed E-state index contributed by atoms with van der Waals surface area (Å²) in [5, 5.41) is 8.78. The molecule has 0 aliphatic rings. The molecule has 0 spiro atoms. The second-order valence-electron chi connectivity index (χ2n) is 4.93. The van der Waals surface area contributed by atoms with E-state index in [0.29, 0.717) is 19.7 Å². The number of ether oxygens (including phenoxy) is 1. The molecule has 0 heterocycles. The van der Waals surface area contributed by atoms with E-state index in [4.69, 9.17) is 9.84 Å². The average molecular weight is 287 g/mol. The minimum Gasteiger partial charge on any atom is -0.478 e. The maximum atomic E-state index is 14.0. The van der Waals surface area contributed by atoms with Crippen molar-refractivity contribution in [3.05, 3.63) is 29.3 Å². The quantitative estimate of drug-likeness (QED) is 0.837. The molecule has 1 rings (SSSR count). The molecule has 0 aromatic heterocycles. The van der Waals surface area contributed by atoms with Crippen LogP contribution in [-0.2, 0) is 4.74 Å². The molecule has 6 heteroatoms. The minimum absolute atomic E-state index is 0.199. The van der Waals surface area contributed by atoms with Crippen molar-refractivity contribution in [3.8, 4) is 0 Å².